The molecule has 0 atom stereocenters. The van der Waals surface area contributed by atoms with Crippen LogP contribution in [0.2, 0.25) is 0 Å². The summed E-state index contributed by atoms with van der Waals surface area (Å²) in [5.74, 6) is 0.539. The molecule has 0 fully saturated rings. The van der Waals surface area contributed by atoms with Crippen molar-refractivity contribution >= 4 is 11.4 Å². The summed E-state index contributed by atoms with van der Waals surface area (Å²) >= 11 is 0. The molecule has 2 rings (SSSR count). The summed E-state index contributed by atoms with van der Waals surface area (Å²) < 4.78 is 6.30. The average molecular weight is 276 g/mol. The first-order chi connectivity index (χ1) is 9.51. The second kappa shape index (κ2) is 5.39. The van der Waals surface area contributed by atoms with Crippen molar-refractivity contribution in [3.05, 3.63) is 56.8 Å². The monoisotopic (exact) mass is 276 g/mol. The number of nitro groups is 1. The molecular weight excluding hydrogens is 264 g/mol. The van der Waals surface area contributed by atoms with Crippen molar-refractivity contribution in [3.63, 3.8) is 0 Å². The Morgan fingerprint density at radius 3 is 2.90 bits per heavy atom. The number of rotatable bonds is 4. The summed E-state index contributed by atoms with van der Waals surface area (Å²) in [7, 11) is 1.49. The predicted octanol–water partition coefficient (Wildman–Crippen LogP) is 0.791. The Hall–Kier alpha value is -2.90. The van der Waals surface area contributed by atoms with E-state index in [0.717, 1.165) is 17.0 Å². The topological polar surface area (TPSA) is 113 Å². The fourth-order valence-corrected chi connectivity index (χ4v) is 1.76. The Morgan fingerprint density at radius 1 is 1.50 bits per heavy atom. The molecule has 1 heterocycles. The second-order valence-corrected chi connectivity index (χ2v) is 4.05. The van der Waals surface area contributed by atoms with Crippen molar-refractivity contribution in [2.75, 3.05) is 12.8 Å². The lowest BCUT2D eigenvalue weighted by atomic mass is 10.1. The number of nitrogens with two attached hydrogens (primary N) is 1. The maximum Gasteiger partial charge on any atom is 0.348 e. The van der Waals surface area contributed by atoms with Crippen molar-refractivity contribution in [1.29, 1.82) is 0 Å². The van der Waals surface area contributed by atoms with Gasteiger partial charge >= 0.3 is 11.4 Å². The van der Waals surface area contributed by atoms with Gasteiger partial charge in [0.15, 0.2) is 0 Å². The van der Waals surface area contributed by atoms with E-state index >= 15 is 0 Å². The maximum atomic E-state index is 11.6. The second-order valence-electron chi connectivity index (χ2n) is 4.05. The van der Waals surface area contributed by atoms with Crippen LogP contribution in [0.3, 0.4) is 0 Å². The summed E-state index contributed by atoms with van der Waals surface area (Å²) in [6, 6.07) is 4.97. The fourth-order valence-electron chi connectivity index (χ4n) is 1.76. The molecule has 1 aromatic carbocycles. The summed E-state index contributed by atoms with van der Waals surface area (Å²) in [6.45, 7) is 0.0850. The molecule has 0 aliphatic carbocycles. The third kappa shape index (κ3) is 2.74. The van der Waals surface area contributed by atoms with Crippen LogP contribution in [0.15, 0.2) is 35.4 Å². The van der Waals surface area contributed by atoms with Crippen LogP contribution < -0.4 is 16.2 Å². The van der Waals surface area contributed by atoms with Crippen LogP contribution in [0, 0.1) is 10.1 Å². The molecule has 0 amide bonds. The molecular formula is C12H12N4O4. The molecule has 20 heavy (non-hydrogen) atoms. The SMILES string of the molecule is COc1ccc(N)cc1Cn1cc([N+](=O)[O-])cnc1=O. The first-order valence-electron chi connectivity index (χ1n) is 5.64. The minimum Gasteiger partial charge on any atom is -0.496 e. The van der Waals surface area contributed by atoms with Gasteiger partial charge in [-0.1, -0.05) is 0 Å². The largest absolute Gasteiger partial charge is 0.496 e. The molecule has 1 aromatic heterocycles. The van der Waals surface area contributed by atoms with Gasteiger partial charge in [0, 0.05) is 11.3 Å². The molecule has 0 radical (unpaired) electrons. The molecule has 0 saturated heterocycles. The third-order valence-corrected chi connectivity index (χ3v) is 2.70. The van der Waals surface area contributed by atoms with Crippen LogP contribution in [0.4, 0.5) is 11.4 Å². The van der Waals surface area contributed by atoms with E-state index < -0.39 is 10.6 Å². The van der Waals surface area contributed by atoms with E-state index in [1.165, 1.54) is 7.11 Å². The van der Waals surface area contributed by atoms with E-state index in [0.29, 0.717) is 17.0 Å². The predicted molar refractivity (Wildman–Crippen MR) is 71.7 cm³/mol. The number of hydrogen-bond acceptors (Lipinski definition) is 6. The molecule has 2 aromatic rings. The molecule has 0 bridgehead atoms. The van der Waals surface area contributed by atoms with E-state index in [9.17, 15) is 14.9 Å². The van der Waals surface area contributed by atoms with Crippen molar-refractivity contribution < 1.29 is 9.66 Å². The van der Waals surface area contributed by atoms with Gasteiger partial charge in [0.25, 0.3) is 0 Å². The van der Waals surface area contributed by atoms with Crippen LogP contribution in [-0.4, -0.2) is 21.6 Å². The van der Waals surface area contributed by atoms with E-state index in [1.54, 1.807) is 18.2 Å². The minimum atomic E-state index is -0.612. The Bertz CT molecular complexity index is 711. The number of hydrogen-bond donors (Lipinski definition) is 1. The minimum absolute atomic E-state index is 0.0850. The molecule has 0 aliphatic heterocycles. The van der Waals surface area contributed by atoms with Gasteiger partial charge in [-0.3, -0.25) is 14.7 Å². The molecule has 8 nitrogen and oxygen atoms in total. The number of nitrogens with zero attached hydrogens (tertiary/aromatic N) is 3. The third-order valence-electron chi connectivity index (χ3n) is 2.70. The summed E-state index contributed by atoms with van der Waals surface area (Å²) in [5.41, 5.74) is 5.99. The van der Waals surface area contributed by atoms with Gasteiger partial charge < -0.3 is 10.5 Å². The zero-order chi connectivity index (χ0) is 14.7. The molecule has 0 aliphatic rings. The molecule has 8 heteroatoms. The Morgan fingerprint density at radius 2 is 2.25 bits per heavy atom. The summed E-state index contributed by atoms with van der Waals surface area (Å²) in [5, 5.41) is 10.7. The Labute approximate surface area is 113 Å². The highest BCUT2D eigenvalue weighted by atomic mass is 16.6. The van der Waals surface area contributed by atoms with Crippen molar-refractivity contribution in [2.45, 2.75) is 6.54 Å². The highest BCUT2D eigenvalue weighted by Crippen LogP contribution is 2.21. The fraction of sp³-hybridized carbons (Fsp3) is 0.167. The quantitative estimate of drug-likeness (QED) is 0.501. The smallest absolute Gasteiger partial charge is 0.348 e. The Balaban J connectivity index is 2.44. The summed E-state index contributed by atoms with van der Waals surface area (Å²) in [4.78, 5) is 25.2. The normalized spacial score (nSPS) is 10.2. The van der Waals surface area contributed by atoms with Crippen LogP contribution in [0.5, 0.6) is 5.75 Å². The number of methoxy groups -OCH3 is 1. The molecule has 2 N–H and O–H groups in total. The summed E-state index contributed by atoms with van der Waals surface area (Å²) in [6.07, 6.45) is 2.06. The van der Waals surface area contributed by atoms with Gasteiger partial charge in [-0.25, -0.2) is 4.79 Å². The maximum absolute atomic E-state index is 11.6. The number of ether oxygens (including phenoxy) is 1. The molecule has 0 saturated carbocycles. The van der Waals surface area contributed by atoms with E-state index in [4.69, 9.17) is 10.5 Å². The number of nitrogen functional groups attached to an aromatic ring is 1. The molecule has 0 unspecified atom stereocenters. The van der Waals surface area contributed by atoms with Gasteiger partial charge in [0.05, 0.1) is 24.8 Å². The number of aromatic nitrogens is 2. The van der Waals surface area contributed by atoms with E-state index in [1.807, 2.05) is 0 Å². The first-order valence-corrected chi connectivity index (χ1v) is 5.64. The van der Waals surface area contributed by atoms with Gasteiger partial charge in [0.2, 0.25) is 0 Å². The van der Waals surface area contributed by atoms with Crippen LogP contribution in [-0.2, 0) is 6.54 Å². The highest BCUT2D eigenvalue weighted by Gasteiger charge is 2.11. The van der Waals surface area contributed by atoms with Gasteiger partial charge in [0.1, 0.15) is 11.9 Å². The number of benzene rings is 1. The first kappa shape index (κ1) is 13.5. The standard InChI is InChI=1S/C12H12N4O4/c1-20-11-3-2-9(13)4-8(11)6-15-7-10(16(18)19)5-14-12(15)17/h2-5,7H,6,13H2,1H3. The van der Waals surface area contributed by atoms with Crippen molar-refractivity contribution in [1.82, 2.24) is 9.55 Å². The van der Waals surface area contributed by atoms with E-state index in [-0.39, 0.29) is 12.2 Å². The van der Waals surface area contributed by atoms with E-state index in [2.05, 4.69) is 4.98 Å². The highest BCUT2D eigenvalue weighted by molar-refractivity contribution is 5.48. The zero-order valence-electron chi connectivity index (χ0n) is 10.6. The van der Waals surface area contributed by atoms with Crippen molar-refractivity contribution in [2.24, 2.45) is 0 Å². The van der Waals surface area contributed by atoms with Crippen LogP contribution >= 0.6 is 0 Å². The Kier molecular flexibility index (Phi) is 3.65. The van der Waals surface area contributed by atoms with Crippen LogP contribution in [0.25, 0.3) is 0 Å². The molecule has 0 spiro atoms. The number of anilines is 1. The van der Waals surface area contributed by atoms with Gasteiger partial charge in [-0.05, 0) is 18.2 Å². The average Bonchev–Trinajstić information content (AvgIpc) is 2.41. The lowest BCUT2D eigenvalue weighted by Gasteiger charge is -2.10. The van der Waals surface area contributed by atoms with Crippen molar-refractivity contribution in [3.8, 4) is 5.75 Å². The lowest BCUT2D eigenvalue weighted by molar-refractivity contribution is -0.385. The molecule has 104 valence electrons. The zero-order valence-corrected chi connectivity index (χ0v) is 10.6. The van der Waals surface area contributed by atoms with Gasteiger partial charge in [-0.15, -0.1) is 0 Å². The van der Waals surface area contributed by atoms with Crippen LogP contribution in [0.1, 0.15) is 5.56 Å². The lowest BCUT2D eigenvalue weighted by Crippen LogP contribution is -2.23. The van der Waals surface area contributed by atoms with Gasteiger partial charge in [-0.2, -0.15) is 4.98 Å².